The molecular formula is C17H20F3N5O2. The van der Waals surface area contributed by atoms with Gasteiger partial charge in [0.2, 0.25) is 5.89 Å². The van der Waals surface area contributed by atoms with Crippen molar-refractivity contribution in [3.8, 4) is 0 Å². The summed E-state index contributed by atoms with van der Waals surface area (Å²) < 4.78 is 49.5. The van der Waals surface area contributed by atoms with Gasteiger partial charge in [0.1, 0.15) is 6.10 Å². The zero-order valence-corrected chi connectivity index (χ0v) is 15.0. The molecule has 1 saturated heterocycles. The molecule has 0 saturated carbocycles. The van der Waals surface area contributed by atoms with E-state index in [2.05, 4.69) is 20.4 Å². The fourth-order valence-corrected chi connectivity index (χ4v) is 2.86. The highest BCUT2D eigenvalue weighted by atomic mass is 19.4. The second-order valence-corrected chi connectivity index (χ2v) is 6.06. The first kappa shape index (κ1) is 19.2. The van der Waals surface area contributed by atoms with Gasteiger partial charge in [-0.2, -0.15) is 18.2 Å². The Bertz CT molecular complexity index is 806. The third kappa shape index (κ3) is 4.76. The minimum absolute atomic E-state index is 0.329. The minimum atomic E-state index is -4.38. The molecule has 2 aromatic rings. The van der Waals surface area contributed by atoms with E-state index in [1.165, 1.54) is 6.07 Å². The first-order chi connectivity index (χ1) is 12.9. The molecule has 1 aliphatic heterocycles. The molecule has 1 aromatic carbocycles. The molecule has 2 heterocycles. The predicted molar refractivity (Wildman–Crippen MR) is 90.9 cm³/mol. The number of benzene rings is 1. The van der Waals surface area contributed by atoms with Crippen LogP contribution in [-0.4, -0.2) is 47.7 Å². The van der Waals surface area contributed by atoms with E-state index in [-0.39, 0.29) is 0 Å². The molecule has 1 aromatic heterocycles. The summed E-state index contributed by atoms with van der Waals surface area (Å²) in [5.41, 5.74) is -0.200. The largest absolute Gasteiger partial charge is 0.416 e. The number of hydrogen-bond donors (Lipinski definition) is 1. The standard InChI is InChI=1S/C17H20F3N5O2/c1-11-23-15(24-27-11)9-22-16(21-2)25-6-7-26-14(10-25)12-4-3-5-13(8-12)17(18,19)20/h3-5,8,14H,6-7,9-10H2,1-2H3,(H,21,22). The van der Waals surface area contributed by atoms with Gasteiger partial charge in [-0.15, -0.1) is 0 Å². The molecule has 146 valence electrons. The van der Waals surface area contributed by atoms with E-state index >= 15 is 0 Å². The Labute approximate surface area is 154 Å². The van der Waals surface area contributed by atoms with Crippen LogP contribution >= 0.6 is 0 Å². The van der Waals surface area contributed by atoms with E-state index in [0.29, 0.717) is 49.5 Å². The number of morpholine rings is 1. The van der Waals surface area contributed by atoms with E-state index in [1.54, 1.807) is 20.0 Å². The summed E-state index contributed by atoms with van der Waals surface area (Å²) in [6.07, 6.45) is -4.86. The summed E-state index contributed by atoms with van der Waals surface area (Å²) in [6.45, 7) is 3.36. The second-order valence-electron chi connectivity index (χ2n) is 6.06. The van der Waals surface area contributed by atoms with Crippen LogP contribution in [0.25, 0.3) is 0 Å². The van der Waals surface area contributed by atoms with Crippen molar-refractivity contribution in [3.63, 3.8) is 0 Å². The van der Waals surface area contributed by atoms with Gasteiger partial charge in [0.15, 0.2) is 11.8 Å². The molecule has 1 unspecified atom stereocenters. The topological polar surface area (TPSA) is 75.8 Å². The van der Waals surface area contributed by atoms with Crippen molar-refractivity contribution >= 4 is 5.96 Å². The van der Waals surface area contributed by atoms with Gasteiger partial charge in [-0.3, -0.25) is 4.99 Å². The molecule has 1 N–H and O–H groups in total. The summed E-state index contributed by atoms with van der Waals surface area (Å²) >= 11 is 0. The maximum absolute atomic E-state index is 13.0. The molecule has 0 amide bonds. The number of aliphatic imine (C=N–C) groups is 1. The molecule has 0 radical (unpaired) electrons. The van der Waals surface area contributed by atoms with Gasteiger partial charge >= 0.3 is 6.18 Å². The first-order valence-corrected chi connectivity index (χ1v) is 8.40. The second kappa shape index (κ2) is 7.95. The summed E-state index contributed by atoms with van der Waals surface area (Å²) in [4.78, 5) is 10.3. The van der Waals surface area contributed by atoms with Gasteiger partial charge < -0.3 is 19.5 Å². The number of guanidine groups is 1. The van der Waals surface area contributed by atoms with E-state index < -0.39 is 17.8 Å². The molecular weight excluding hydrogens is 363 g/mol. The maximum atomic E-state index is 13.0. The van der Waals surface area contributed by atoms with Crippen molar-refractivity contribution in [3.05, 3.63) is 47.1 Å². The van der Waals surface area contributed by atoms with E-state index in [4.69, 9.17) is 9.26 Å². The van der Waals surface area contributed by atoms with E-state index in [1.807, 2.05) is 4.90 Å². The first-order valence-electron chi connectivity index (χ1n) is 8.40. The third-order valence-electron chi connectivity index (χ3n) is 4.14. The Morgan fingerprint density at radius 3 is 2.89 bits per heavy atom. The van der Waals surface area contributed by atoms with Crippen molar-refractivity contribution in [2.45, 2.75) is 25.7 Å². The number of nitrogens with zero attached hydrogens (tertiary/aromatic N) is 4. The van der Waals surface area contributed by atoms with E-state index in [9.17, 15) is 13.2 Å². The van der Waals surface area contributed by atoms with Crippen molar-refractivity contribution in [2.75, 3.05) is 26.7 Å². The lowest BCUT2D eigenvalue weighted by Crippen LogP contribution is -2.48. The summed E-state index contributed by atoms with van der Waals surface area (Å²) in [5, 5.41) is 6.94. The fourth-order valence-electron chi connectivity index (χ4n) is 2.86. The molecule has 3 rings (SSSR count). The lowest BCUT2D eigenvalue weighted by molar-refractivity contribution is -0.137. The number of hydrogen-bond acceptors (Lipinski definition) is 5. The van der Waals surface area contributed by atoms with Crippen LogP contribution in [0.1, 0.15) is 28.9 Å². The van der Waals surface area contributed by atoms with Gasteiger partial charge in [-0.1, -0.05) is 17.3 Å². The van der Waals surface area contributed by atoms with Crippen LogP contribution in [0, 0.1) is 6.92 Å². The number of alkyl halides is 3. The van der Waals surface area contributed by atoms with Crippen molar-refractivity contribution < 1.29 is 22.4 Å². The minimum Gasteiger partial charge on any atom is -0.370 e. The van der Waals surface area contributed by atoms with Crippen LogP contribution in [0.4, 0.5) is 13.2 Å². The molecule has 0 aliphatic carbocycles. The Hall–Kier alpha value is -2.62. The normalized spacial score (nSPS) is 18.6. The highest BCUT2D eigenvalue weighted by Gasteiger charge is 2.32. The number of halogens is 3. The monoisotopic (exact) mass is 383 g/mol. The van der Waals surface area contributed by atoms with Crippen LogP contribution in [0.3, 0.4) is 0 Å². The predicted octanol–water partition coefficient (Wildman–Crippen LogP) is 2.55. The van der Waals surface area contributed by atoms with Crippen molar-refractivity contribution in [2.24, 2.45) is 4.99 Å². The molecule has 1 aliphatic rings. The maximum Gasteiger partial charge on any atom is 0.416 e. The Balaban J connectivity index is 1.67. The average molecular weight is 383 g/mol. The SMILES string of the molecule is CN=C(NCc1noc(C)n1)N1CCOC(c2cccc(C(F)(F)F)c2)C1. The van der Waals surface area contributed by atoms with Crippen molar-refractivity contribution in [1.82, 2.24) is 20.4 Å². The Morgan fingerprint density at radius 2 is 2.22 bits per heavy atom. The number of aromatic nitrogens is 2. The van der Waals surface area contributed by atoms with Gasteiger partial charge in [-0.05, 0) is 17.7 Å². The zero-order valence-electron chi connectivity index (χ0n) is 15.0. The van der Waals surface area contributed by atoms with Crippen LogP contribution in [0.5, 0.6) is 0 Å². The fraction of sp³-hybridized carbons (Fsp3) is 0.471. The summed E-state index contributed by atoms with van der Waals surface area (Å²) in [6, 6.07) is 5.22. The molecule has 1 fully saturated rings. The average Bonchev–Trinajstić information content (AvgIpc) is 3.07. The zero-order chi connectivity index (χ0) is 19.4. The Kier molecular flexibility index (Phi) is 5.64. The number of rotatable bonds is 3. The number of ether oxygens (including phenoxy) is 1. The van der Waals surface area contributed by atoms with Crippen LogP contribution < -0.4 is 5.32 Å². The van der Waals surface area contributed by atoms with Gasteiger partial charge in [0, 0.05) is 20.5 Å². The van der Waals surface area contributed by atoms with Crippen LogP contribution in [-0.2, 0) is 17.5 Å². The van der Waals surface area contributed by atoms with Gasteiger partial charge in [0.05, 0.1) is 25.3 Å². The smallest absolute Gasteiger partial charge is 0.370 e. The van der Waals surface area contributed by atoms with E-state index in [0.717, 1.165) is 12.1 Å². The third-order valence-corrected chi connectivity index (χ3v) is 4.14. The molecule has 27 heavy (non-hydrogen) atoms. The Morgan fingerprint density at radius 1 is 1.41 bits per heavy atom. The van der Waals surface area contributed by atoms with Crippen LogP contribution in [0.2, 0.25) is 0 Å². The van der Waals surface area contributed by atoms with Gasteiger partial charge in [0.25, 0.3) is 0 Å². The quantitative estimate of drug-likeness (QED) is 0.649. The van der Waals surface area contributed by atoms with Gasteiger partial charge in [-0.25, -0.2) is 0 Å². The highest BCUT2D eigenvalue weighted by molar-refractivity contribution is 5.79. The van der Waals surface area contributed by atoms with Crippen LogP contribution in [0.15, 0.2) is 33.8 Å². The van der Waals surface area contributed by atoms with Crippen molar-refractivity contribution in [1.29, 1.82) is 0 Å². The molecule has 7 nitrogen and oxygen atoms in total. The molecule has 0 bridgehead atoms. The summed E-state index contributed by atoms with van der Waals surface area (Å²) in [7, 11) is 1.64. The molecule has 1 atom stereocenters. The number of nitrogens with one attached hydrogen (secondary N) is 1. The molecule has 10 heteroatoms. The highest BCUT2D eigenvalue weighted by Crippen LogP contribution is 2.32. The summed E-state index contributed by atoms with van der Waals surface area (Å²) in [5.74, 6) is 1.56. The lowest BCUT2D eigenvalue weighted by Gasteiger charge is -2.35. The number of aryl methyl sites for hydroxylation is 1. The molecule has 0 spiro atoms. The lowest BCUT2D eigenvalue weighted by atomic mass is 10.0.